The zero-order valence-electron chi connectivity index (χ0n) is 18.4. The number of aliphatic hydroxyl groups is 1. The van der Waals surface area contributed by atoms with Gasteiger partial charge in [0.1, 0.15) is 22.1 Å². The Morgan fingerprint density at radius 1 is 1.19 bits per heavy atom. The van der Waals surface area contributed by atoms with Crippen LogP contribution in [0.3, 0.4) is 0 Å². The average Bonchev–Trinajstić information content (AvgIpc) is 3.48. The number of halogens is 1. The van der Waals surface area contributed by atoms with Crippen LogP contribution < -0.4 is 16.4 Å². The van der Waals surface area contributed by atoms with Crippen LogP contribution in [0.1, 0.15) is 50.4 Å². The topological polar surface area (TPSA) is 114 Å². The lowest BCUT2D eigenvalue weighted by Crippen LogP contribution is -2.48. The van der Waals surface area contributed by atoms with Crippen LogP contribution in [0, 0.1) is 12.3 Å². The van der Waals surface area contributed by atoms with Gasteiger partial charge in [-0.1, -0.05) is 35.0 Å². The molecular formula is C23H29ClN6OS. The van der Waals surface area contributed by atoms with Crippen molar-refractivity contribution in [1.29, 1.82) is 0 Å². The Morgan fingerprint density at radius 3 is 2.53 bits per heavy atom. The van der Waals surface area contributed by atoms with Crippen molar-refractivity contribution < 1.29 is 5.11 Å². The number of nitrogens with two attached hydrogens (primary N) is 2. The Bertz CT molecular complexity index is 1090. The molecule has 2 fully saturated rings. The highest BCUT2D eigenvalue weighted by Crippen LogP contribution is 2.50. The van der Waals surface area contributed by atoms with Gasteiger partial charge in [-0.3, -0.25) is 0 Å². The molecule has 1 saturated carbocycles. The number of rotatable bonds is 4. The SMILES string of the molecule is CC1=CCC2(CCN(c3nc(C)c(Sc4ccnc(N)c4Cl)nc3C3(O)CC3)CC2)[C@@H]1N. The summed E-state index contributed by atoms with van der Waals surface area (Å²) in [5.41, 5.74) is 14.4. The fraction of sp³-hybridized carbons (Fsp3) is 0.522. The van der Waals surface area contributed by atoms with Crippen LogP contribution in [0.25, 0.3) is 0 Å². The van der Waals surface area contributed by atoms with E-state index in [1.165, 1.54) is 17.3 Å². The Labute approximate surface area is 197 Å². The molecule has 0 amide bonds. The van der Waals surface area contributed by atoms with Crippen molar-refractivity contribution in [3.8, 4) is 0 Å². The molecule has 5 N–H and O–H groups in total. The molecule has 0 radical (unpaired) electrons. The van der Waals surface area contributed by atoms with Gasteiger partial charge < -0.3 is 21.5 Å². The quantitative estimate of drug-likeness (QED) is 0.575. The molecule has 3 aliphatic rings. The molecule has 1 saturated heterocycles. The molecule has 2 aromatic rings. The van der Waals surface area contributed by atoms with Gasteiger partial charge in [0.15, 0.2) is 5.82 Å². The third-order valence-corrected chi connectivity index (χ3v) is 8.95. The van der Waals surface area contributed by atoms with Crippen LogP contribution in [0.5, 0.6) is 0 Å². The molecule has 1 atom stereocenters. The molecular weight excluding hydrogens is 444 g/mol. The zero-order valence-corrected chi connectivity index (χ0v) is 20.0. The highest BCUT2D eigenvalue weighted by Gasteiger charge is 2.48. The first-order valence-corrected chi connectivity index (χ1v) is 12.3. The number of hydrogen-bond donors (Lipinski definition) is 3. The lowest BCUT2D eigenvalue weighted by Gasteiger charge is -2.43. The number of nitrogens with zero attached hydrogens (tertiary/aromatic N) is 4. The summed E-state index contributed by atoms with van der Waals surface area (Å²) in [7, 11) is 0. The van der Waals surface area contributed by atoms with E-state index in [0.29, 0.717) is 23.6 Å². The largest absolute Gasteiger partial charge is 0.383 e. The first-order valence-electron chi connectivity index (χ1n) is 11.1. The minimum atomic E-state index is -0.899. The van der Waals surface area contributed by atoms with Crippen molar-refractivity contribution in [1.82, 2.24) is 15.0 Å². The van der Waals surface area contributed by atoms with E-state index in [-0.39, 0.29) is 17.3 Å². The Hall–Kier alpha value is -1.87. The highest BCUT2D eigenvalue weighted by atomic mass is 35.5. The number of nitrogen functional groups attached to an aromatic ring is 1. The first kappa shape index (κ1) is 21.9. The Morgan fingerprint density at radius 2 is 1.91 bits per heavy atom. The fourth-order valence-electron chi connectivity index (χ4n) is 4.88. The third kappa shape index (κ3) is 3.67. The number of aromatic nitrogens is 3. The normalized spacial score (nSPS) is 23.5. The summed E-state index contributed by atoms with van der Waals surface area (Å²) in [5.74, 6) is 1.09. The van der Waals surface area contributed by atoms with Gasteiger partial charge in [0.25, 0.3) is 0 Å². The van der Waals surface area contributed by atoms with Crippen LogP contribution in [0.15, 0.2) is 33.8 Å². The van der Waals surface area contributed by atoms with Crippen LogP contribution in [-0.4, -0.2) is 39.2 Å². The molecule has 1 aliphatic heterocycles. The summed E-state index contributed by atoms with van der Waals surface area (Å²) in [6, 6.07) is 1.95. The summed E-state index contributed by atoms with van der Waals surface area (Å²) >= 11 is 7.75. The van der Waals surface area contributed by atoms with Crippen molar-refractivity contribution in [2.24, 2.45) is 11.1 Å². The van der Waals surface area contributed by atoms with E-state index in [1.54, 1.807) is 6.20 Å². The molecule has 2 aromatic heterocycles. The molecule has 0 bridgehead atoms. The van der Waals surface area contributed by atoms with Gasteiger partial charge in [0, 0.05) is 30.2 Å². The second-order valence-corrected chi connectivity index (χ2v) is 10.8. The summed E-state index contributed by atoms with van der Waals surface area (Å²) < 4.78 is 0. The highest BCUT2D eigenvalue weighted by molar-refractivity contribution is 7.99. The van der Waals surface area contributed by atoms with E-state index >= 15 is 0 Å². The number of allylic oxidation sites excluding steroid dienone is 1. The van der Waals surface area contributed by atoms with Crippen molar-refractivity contribution in [2.75, 3.05) is 23.7 Å². The van der Waals surface area contributed by atoms with E-state index in [1.807, 2.05) is 13.0 Å². The Balaban J connectivity index is 1.44. The Kier molecular flexibility index (Phi) is 5.40. The predicted molar refractivity (Wildman–Crippen MR) is 128 cm³/mol. The summed E-state index contributed by atoms with van der Waals surface area (Å²) in [4.78, 5) is 16.9. The van der Waals surface area contributed by atoms with Gasteiger partial charge >= 0.3 is 0 Å². The van der Waals surface area contributed by atoms with Gasteiger partial charge in [-0.05, 0) is 57.4 Å². The monoisotopic (exact) mass is 472 g/mol. The molecule has 9 heteroatoms. The smallest absolute Gasteiger partial charge is 0.153 e. The molecule has 7 nitrogen and oxygen atoms in total. The standard InChI is InChI=1S/C23H29ClN6OS/c1-13-3-5-22(17(13)25)8-11-30(12-9-22)20-18(23(31)6-7-23)29-21(14(2)28-20)32-15-4-10-27-19(26)16(15)24/h3-4,10,17,31H,5-9,11-12,25H2,1-2H3,(H2,26,27)/t17-/m1/s1. The summed E-state index contributed by atoms with van der Waals surface area (Å²) in [6.07, 6.45) is 8.43. The molecule has 1 spiro atoms. The van der Waals surface area contributed by atoms with Crippen molar-refractivity contribution in [3.63, 3.8) is 0 Å². The molecule has 2 aliphatic carbocycles. The number of hydrogen-bond acceptors (Lipinski definition) is 8. The van der Waals surface area contributed by atoms with E-state index in [4.69, 9.17) is 33.0 Å². The number of aryl methyl sites for hydroxylation is 1. The molecule has 170 valence electrons. The third-order valence-electron chi connectivity index (χ3n) is 7.30. The number of piperidine rings is 1. The van der Waals surface area contributed by atoms with Crippen LogP contribution in [-0.2, 0) is 5.60 Å². The maximum atomic E-state index is 11.1. The summed E-state index contributed by atoms with van der Waals surface area (Å²) in [5, 5.41) is 12.2. The van der Waals surface area contributed by atoms with Crippen molar-refractivity contribution in [2.45, 2.75) is 67.5 Å². The van der Waals surface area contributed by atoms with E-state index in [0.717, 1.165) is 53.8 Å². The summed E-state index contributed by atoms with van der Waals surface area (Å²) in [6.45, 7) is 5.82. The minimum absolute atomic E-state index is 0.140. The van der Waals surface area contributed by atoms with Crippen molar-refractivity contribution >= 4 is 35.0 Å². The second kappa shape index (κ2) is 7.87. The zero-order chi connectivity index (χ0) is 22.7. The molecule has 0 aromatic carbocycles. The van der Waals surface area contributed by atoms with Crippen LogP contribution >= 0.6 is 23.4 Å². The van der Waals surface area contributed by atoms with Gasteiger partial charge in [-0.25, -0.2) is 15.0 Å². The van der Waals surface area contributed by atoms with Gasteiger partial charge in [-0.15, -0.1) is 0 Å². The lowest BCUT2D eigenvalue weighted by atomic mass is 9.72. The van der Waals surface area contributed by atoms with E-state index < -0.39 is 5.60 Å². The average molecular weight is 473 g/mol. The number of pyridine rings is 1. The molecule has 0 unspecified atom stereocenters. The van der Waals surface area contributed by atoms with E-state index in [9.17, 15) is 5.11 Å². The van der Waals surface area contributed by atoms with Gasteiger partial charge in [0.2, 0.25) is 0 Å². The van der Waals surface area contributed by atoms with Crippen LogP contribution in [0.2, 0.25) is 5.02 Å². The maximum Gasteiger partial charge on any atom is 0.153 e. The molecule has 3 heterocycles. The van der Waals surface area contributed by atoms with Gasteiger partial charge in [-0.2, -0.15) is 0 Å². The molecule has 32 heavy (non-hydrogen) atoms. The van der Waals surface area contributed by atoms with Crippen molar-refractivity contribution in [3.05, 3.63) is 40.3 Å². The first-order chi connectivity index (χ1) is 15.2. The minimum Gasteiger partial charge on any atom is -0.383 e. The predicted octanol–water partition coefficient (Wildman–Crippen LogP) is 3.81. The van der Waals surface area contributed by atoms with Gasteiger partial charge in [0.05, 0.1) is 10.7 Å². The maximum absolute atomic E-state index is 11.1. The second-order valence-electron chi connectivity index (χ2n) is 9.41. The number of anilines is 2. The fourth-order valence-corrected chi connectivity index (χ4v) is 5.97. The lowest BCUT2D eigenvalue weighted by molar-refractivity contribution is 0.145. The van der Waals surface area contributed by atoms with E-state index in [2.05, 4.69) is 22.9 Å². The van der Waals surface area contributed by atoms with Crippen LogP contribution in [0.4, 0.5) is 11.6 Å². The molecule has 5 rings (SSSR count).